The van der Waals surface area contributed by atoms with Crippen molar-refractivity contribution in [3.05, 3.63) is 30.0 Å². The summed E-state index contributed by atoms with van der Waals surface area (Å²) in [6, 6.07) is 1.87. The lowest BCUT2D eigenvalue weighted by Crippen LogP contribution is -2.35. The molecule has 1 N–H and O–H groups in total. The molecule has 1 saturated heterocycles. The Kier molecular flexibility index (Phi) is 3.86. The van der Waals surface area contributed by atoms with Crippen LogP contribution in [0.4, 0.5) is 5.82 Å². The van der Waals surface area contributed by atoms with E-state index in [1.807, 2.05) is 13.0 Å². The topological polar surface area (TPSA) is 91.8 Å². The van der Waals surface area contributed by atoms with Gasteiger partial charge in [0.05, 0.1) is 17.9 Å². The molecule has 0 radical (unpaired) electrons. The molecular formula is C14H19N5O2S. The number of aromatic nitrogens is 4. The smallest absolute Gasteiger partial charge is 0.178 e. The highest BCUT2D eigenvalue weighted by Gasteiger charge is 2.30. The lowest BCUT2D eigenvalue weighted by Gasteiger charge is -2.36. The number of nitrogens with zero attached hydrogens (tertiary/aromatic N) is 4. The molecule has 0 aliphatic carbocycles. The summed E-state index contributed by atoms with van der Waals surface area (Å²) >= 11 is 0. The molecule has 0 aromatic carbocycles. The van der Waals surface area contributed by atoms with Gasteiger partial charge in [0, 0.05) is 24.6 Å². The van der Waals surface area contributed by atoms with E-state index in [0.717, 1.165) is 37.3 Å². The maximum absolute atomic E-state index is 12.0. The van der Waals surface area contributed by atoms with Gasteiger partial charge in [-0.1, -0.05) is 0 Å². The van der Waals surface area contributed by atoms with E-state index in [9.17, 15) is 8.42 Å². The van der Waals surface area contributed by atoms with Crippen molar-refractivity contribution in [2.45, 2.75) is 37.1 Å². The second-order valence-corrected chi connectivity index (χ2v) is 7.63. The fraction of sp³-hybridized carbons (Fsp3) is 0.500. The molecule has 1 fully saturated rings. The first kappa shape index (κ1) is 15.0. The average molecular weight is 321 g/mol. The lowest BCUT2D eigenvalue weighted by molar-refractivity contribution is 0.455. The number of piperidine rings is 1. The fourth-order valence-corrected chi connectivity index (χ4v) is 3.75. The van der Waals surface area contributed by atoms with E-state index in [-0.39, 0.29) is 10.9 Å². The molecule has 0 unspecified atom stereocenters. The number of aromatic amines is 1. The first-order chi connectivity index (χ1) is 10.5. The molecule has 2 aromatic rings. The van der Waals surface area contributed by atoms with E-state index in [1.165, 1.54) is 12.5 Å². The number of rotatable bonds is 3. The summed E-state index contributed by atoms with van der Waals surface area (Å²) < 4.78 is 23.9. The SMILES string of the molecule is Cc1cc(N2CCCC[C@@H]2c2[nH]ncc2S(C)(=O)=O)ncn1. The molecule has 7 nitrogen and oxygen atoms in total. The van der Waals surface area contributed by atoms with Crippen molar-refractivity contribution < 1.29 is 8.42 Å². The highest BCUT2D eigenvalue weighted by atomic mass is 32.2. The Morgan fingerprint density at radius 3 is 2.86 bits per heavy atom. The van der Waals surface area contributed by atoms with Gasteiger partial charge in [0.1, 0.15) is 17.0 Å². The molecule has 0 spiro atoms. The van der Waals surface area contributed by atoms with Gasteiger partial charge in [-0.25, -0.2) is 18.4 Å². The van der Waals surface area contributed by atoms with Crippen LogP contribution in [-0.2, 0) is 9.84 Å². The van der Waals surface area contributed by atoms with Crippen LogP contribution in [-0.4, -0.2) is 41.4 Å². The summed E-state index contributed by atoms with van der Waals surface area (Å²) in [5, 5.41) is 6.83. The Labute approximate surface area is 129 Å². The minimum Gasteiger partial charge on any atom is -0.348 e. The molecule has 0 bridgehead atoms. The molecule has 3 rings (SSSR count). The summed E-state index contributed by atoms with van der Waals surface area (Å²) in [5.41, 5.74) is 1.54. The number of H-pyrrole nitrogens is 1. The lowest BCUT2D eigenvalue weighted by atomic mass is 9.99. The van der Waals surface area contributed by atoms with Gasteiger partial charge in [-0.15, -0.1) is 0 Å². The van der Waals surface area contributed by atoms with E-state index >= 15 is 0 Å². The van der Waals surface area contributed by atoms with Crippen molar-refractivity contribution in [2.75, 3.05) is 17.7 Å². The molecule has 3 heterocycles. The standard InChI is InChI=1S/C14H19N5O2S/c1-10-7-13(16-9-15-10)19-6-4-3-5-11(19)14-12(8-17-18-14)22(2,20)21/h7-9,11H,3-6H2,1-2H3,(H,17,18)/t11-/m1/s1. The quantitative estimate of drug-likeness (QED) is 0.924. The fourth-order valence-electron chi connectivity index (χ4n) is 2.92. The number of hydrogen-bond acceptors (Lipinski definition) is 6. The largest absolute Gasteiger partial charge is 0.348 e. The van der Waals surface area contributed by atoms with Crippen LogP contribution in [0.5, 0.6) is 0 Å². The summed E-state index contributed by atoms with van der Waals surface area (Å²) in [4.78, 5) is 10.9. The predicted molar refractivity (Wildman–Crippen MR) is 82.4 cm³/mol. The van der Waals surface area contributed by atoms with E-state index in [1.54, 1.807) is 6.33 Å². The minimum atomic E-state index is -3.31. The Morgan fingerprint density at radius 1 is 1.32 bits per heavy atom. The molecule has 0 amide bonds. The molecule has 22 heavy (non-hydrogen) atoms. The van der Waals surface area contributed by atoms with Crippen molar-refractivity contribution in [1.82, 2.24) is 20.2 Å². The van der Waals surface area contributed by atoms with Crippen LogP contribution in [0.1, 0.15) is 36.7 Å². The van der Waals surface area contributed by atoms with Crippen LogP contribution >= 0.6 is 0 Å². The van der Waals surface area contributed by atoms with Crippen LogP contribution in [0.15, 0.2) is 23.5 Å². The molecule has 1 aliphatic heterocycles. The third kappa shape index (κ3) is 2.83. The normalized spacial score (nSPS) is 19.4. The van der Waals surface area contributed by atoms with Crippen LogP contribution < -0.4 is 4.90 Å². The predicted octanol–water partition coefficient (Wildman–Crippen LogP) is 1.64. The summed E-state index contributed by atoms with van der Waals surface area (Å²) in [5.74, 6) is 0.825. The Bertz CT molecular complexity index is 771. The van der Waals surface area contributed by atoms with Gasteiger partial charge >= 0.3 is 0 Å². The van der Waals surface area contributed by atoms with Gasteiger partial charge in [0.25, 0.3) is 0 Å². The van der Waals surface area contributed by atoms with Gasteiger partial charge in [0.15, 0.2) is 9.84 Å². The van der Waals surface area contributed by atoms with Crippen molar-refractivity contribution in [2.24, 2.45) is 0 Å². The highest BCUT2D eigenvalue weighted by Crippen LogP contribution is 2.35. The maximum Gasteiger partial charge on any atom is 0.178 e. The third-order valence-corrected chi connectivity index (χ3v) is 5.08. The van der Waals surface area contributed by atoms with E-state index in [0.29, 0.717) is 5.69 Å². The first-order valence-electron chi connectivity index (χ1n) is 7.25. The Balaban J connectivity index is 2.03. The molecule has 2 aromatic heterocycles. The van der Waals surface area contributed by atoms with E-state index in [4.69, 9.17) is 0 Å². The van der Waals surface area contributed by atoms with Crippen molar-refractivity contribution in [3.8, 4) is 0 Å². The Morgan fingerprint density at radius 2 is 2.14 bits per heavy atom. The van der Waals surface area contributed by atoms with Gasteiger partial charge < -0.3 is 4.90 Å². The van der Waals surface area contributed by atoms with Crippen molar-refractivity contribution >= 4 is 15.7 Å². The molecule has 8 heteroatoms. The third-order valence-electron chi connectivity index (χ3n) is 3.95. The zero-order chi connectivity index (χ0) is 15.7. The van der Waals surface area contributed by atoms with Gasteiger partial charge in [-0.2, -0.15) is 5.10 Å². The number of sulfone groups is 1. The number of nitrogens with one attached hydrogen (secondary N) is 1. The molecule has 0 saturated carbocycles. The number of hydrogen-bond donors (Lipinski definition) is 1. The van der Waals surface area contributed by atoms with Crippen LogP contribution in [0.2, 0.25) is 0 Å². The van der Waals surface area contributed by atoms with E-state index < -0.39 is 9.84 Å². The molecule has 118 valence electrons. The second-order valence-electron chi connectivity index (χ2n) is 5.64. The van der Waals surface area contributed by atoms with Gasteiger partial charge in [-0.05, 0) is 26.2 Å². The molecule has 1 aliphatic rings. The monoisotopic (exact) mass is 321 g/mol. The van der Waals surface area contributed by atoms with E-state index in [2.05, 4.69) is 25.1 Å². The van der Waals surface area contributed by atoms with Crippen LogP contribution in [0, 0.1) is 6.92 Å². The van der Waals surface area contributed by atoms with Crippen molar-refractivity contribution in [1.29, 1.82) is 0 Å². The Hall–Kier alpha value is -1.96. The van der Waals surface area contributed by atoms with Gasteiger partial charge in [0.2, 0.25) is 0 Å². The summed E-state index contributed by atoms with van der Waals surface area (Å²) in [7, 11) is -3.31. The number of anilines is 1. The van der Waals surface area contributed by atoms with Crippen molar-refractivity contribution in [3.63, 3.8) is 0 Å². The van der Waals surface area contributed by atoms with Crippen LogP contribution in [0.25, 0.3) is 0 Å². The molecule has 1 atom stereocenters. The molecular weight excluding hydrogens is 302 g/mol. The zero-order valence-electron chi connectivity index (χ0n) is 12.7. The van der Waals surface area contributed by atoms with Gasteiger partial charge in [-0.3, -0.25) is 5.10 Å². The average Bonchev–Trinajstić information content (AvgIpc) is 2.97. The number of aryl methyl sites for hydroxylation is 1. The minimum absolute atomic E-state index is 0.0599. The first-order valence-corrected chi connectivity index (χ1v) is 9.14. The summed E-state index contributed by atoms with van der Waals surface area (Å²) in [6.45, 7) is 2.76. The van der Waals surface area contributed by atoms with Crippen LogP contribution in [0.3, 0.4) is 0 Å². The summed E-state index contributed by atoms with van der Waals surface area (Å²) in [6.07, 6.45) is 7.12. The second kappa shape index (κ2) is 5.68. The maximum atomic E-state index is 12.0. The zero-order valence-corrected chi connectivity index (χ0v) is 13.5. The highest BCUT2D eigenvalue weighted by molar-refractivity contribution is 7.90.